The molecule has 0 unspecified atom stereocenters. The maximum absolute atomic E-state index is 5.50. The van der Waals surface area contributed by atoms with Crippen LogP contribution in [-0.2, 0) is 4.74 Å². The minimum Gasteiger partial charge on any atom is -0.379 e. The van der Waals surface area contributed by atoms with Gasteiger partial charge < -0.3 is 4.74 Å². The summed E-state index contributed by atoms with van der Waals surface area (Å²) < 4.78 is 5.50. The molecule has 0 spiro atoms. The molecule has 4 rings (SSSR count). The van der Waals surface area contributed by atoms with E-state index in [2.05, 4.69) is 65.6 Å². The molecule has 0 radical (unpaired) electrons. The molecule has 1 aliphatic carbocycles. The van der Waals surface area contributed by atoms with E-state index in [4.69, 9.17) is 4.74 Å². The normalized spacial score (nSPS) is 18.5. The zero-order chi connectivity index (χ0) is 14.8. The lowest BCUT2D eigenvalue weighted by atomic mass is 9.87. The predicted octanol–water partition coefficient (Wildman–Crippen LogP) is 3.63. The van der Waals surface area contributed by atoms with Gasteiger partial charge in [-0.25, -0.2) is 0 Å². The molecule has 2 nitrogen and oxygen atoms in total. The summed E-state index contributed by atoms with van der Waals surface area (Å²) in [6.07, 6.45) is 4.51. The number of rotatable bonds is 2. The van der Waals surface area contributed by atoms with Crippen molar-refractivity contribution in [2.24, 2.45) is 0 Å². The van der Waals surface area contributed by atoms with E-state index in [1.165, 1.54) is 22.3 Å². The molecular formula is C20H21NO. The maximum atomic E-state index is 5.50. The standard InChI is InChI=1S/C20H21NO/c1-3-7-18-16(5-1)9-10-17-6-2-4-8-19(17)20(18)15-21-11-13-22-14-12-21/h1-10,20H,11-15H2. The molecule has 0 aromatic heterocycles. The molecule has 1 saturated heterocycles. The van der Waals surface area contributed by atoms with Gasteiger partial charge in [-0.1, -0.05) is 60.7 Å². The second kappa shape index (κ2) is 6.07. The van der Waals surface area contributed by atoms with E-state index >= 15 is 0 Å². The van der Waals surface area contributed by atoms with Crippen LogP contribution in [0.15, 0.2) is 48.5 Å². The van der Waals surface area contributed by atoms with Crippen molar-refractivity contribution < 1.29 is 4.74 Å². The van der Waals surface area contributed by atoms with E-state index in [0.717, 1.165) is 32.8 Å². The van der Waals surface area contributed by atoms with Crippen molar-refractivity contribution >= 4 is 12.2 Å². The van der Waals surface area contributed by atoms with Crippen LogP contribution in [0, 0.1) is 0 Å². The summed E-state index contributed by atoms with van der Waals surface area (Å²) in [4.78, 5) is 2.53. The van der Waals surface area contributed by atoms with Crippen LogP contribution in [0.5, 0.6) is 0 Å². The topological polar surface area (TPSA) is 12.5 Å². The van der Waals surface area contributed by atoms with Crippen LogP contribution < -0.4 is 0 Å². The van der Waals surface area contributed by atoms with Crippen molar-refractivity contribution in [1.29, 1.82) is 0 Å². The molecule has 2 aromatic rings. The molecule has 22 heavy (non-hydrogen) atoms. The summed E-state index contributed by atoms with van der Waals surface area (Å²) in [6, 6.07) is 17.6. The highest BCUT2D eigenvalue weighted by molar-refractivity contribution is 5.76. The van der Waals surface area contributed by atoms with Gasteiger partial charge in [0.1, 0.15) is 0 Å². The Hall–Kier alpha value is -1.90. The fraction of sp³-hybridized carbons (Fsp3) is 0.300. The summed E-state index contributed by atoms with van der Waals surface area (Å²) in [7, 11) is 0. The Labute approximate surface area is 132 Å². The Balaban J connectivity index is 1.76. The van der Waals surface area contributed by atoms with Crippen molar-refractivity contribution in [1.82, 2.24) is 4.90 Å². The first-order chi connectivity index (χ1) is 10.9. The Morgan fingerprint density at radius 2 is 1.36 bits per heavy atom. The Morgan fingerprint density at radius 3 is 1.95 bits per heavy atom. The lowest BCUT2D eigenvalue weighted by Gasteiger charge is -2.31. The number of hydrogen-bond donors (Lipinski definition) is 0. The lowest BCUT2D eigenvalue weighted by molar-refractivity contribution is 0.0365. The van der Waals surface area contributed by atoms with Gasteiger partial charge in [-0.05, 0) is 22.3 Å². The molecule has 2 heteroatoms. The van der Waals surface area contributed by atoms with Crippen molar-refractivity contribution in [2.45, 2.75) is 5.92 Å². The van der Waals surface area contributed by atoms with E-state index in [0.29, 0.717) is 5.92 Å². The summed E-state index contributed by atoms with van der Waals surface area (Å²) in [6.45, 7) is 4.85. The van der Waals surface area contributed by atoms with Gasteiger partial charge in [0.15, 0.2) is 0 Å². The monoisotopic (exact) mass is 291 g/mol. The molecule has 1 heterocycles. The number of hydrogen-bond acceptors (Lipinski definition) is 2. The molecule has 0 N–H and O–H groups in total. The zero-order valence-electron chi connectivity index (χ0n) is 12.7. The fourth-order valence-electron chi connectivity index (χ4n) is 3.55. The third kappa shape index (κ3) is 2.60. The highest BCUT2D eigenvalue weighted by Gasteiger charge is 2.24. The van der Waals surface area contributed by atoms with Crippen LogP contribution in [0.2, 0.25) is 0 Å². The summed E-state index contributed by atoms with van der Waals surface area (Å²) in [5, 5.41) is 0. The third-order valence-corrected chi connectivity index (χ3v) is 4.73. The molecule has 1 fully saturated rings. The third-order valence-electron chi connectivity index (χ3n) is 4.73. The number of nitrogens with zero attached hydrogens (tertiary/aromatic N) is 1. The number of benzene rings is 2. The van der Waals surface area contributed by atoms with Gasteiger partial charge in [-0.15, -0.1) is 0 Å². The smallest absolute Gasteiger partial charge is 0.0594 e. The van der Waals surface area contributed by atoms with Crippen molar-refractivity contribution in [3.8, 4) is 0 Å². The summed E-state index contributed by atoms with van der Waals surface area (Å²) in [5.41, 5.74) is 5.57. The fourth-order valence-corrected chi connectivity index (χ4v) is 3.55. The first-order valence-corrected chi connectivity index (χ1v) is 8.08. The average molecular weight is 291 g/mol. The van der Waals surface area contributed by atoms with E-state index in [1.807, 2.05) is 0 Å². The minimum absolute atomic E-state index is 0.431. The molecular weight excluding hydrogens is 270 g/mol. The highest BCUT2D eigenvalue weighted by Crippen LogP contribution is 2.35. The van der Waals surface area contributed by atoms with Crippen molar-refractivity contribution in [3.05, 3.63) is 70.8 Å². The molecule has 0 amide bonds. The second-order valence-corrected chi connectivity index (χ2v) is 6.06. The SMILES string of the molecule is C1=Cc2ccccc2C(CN2CCOCC2)c2ccccc21. The van der Waals surface area contributed by atoms with Gasteiger partial charge in [0, 0.05) is 25.6 Å². The van der Waals surface area contributed by atoms with Gasteiger partial charge in [-0.2, -0.15) is 0 Å². The van der Waals surface area contributed by atoms with Crippen molar-refractivity contribution in [3.63, 3.8) is 0 Å². The zero-order valence-corrected chi connectivity index (χ0v) is 12.7. The van der Waals surface area contributed by atoms with Gasteiger partial charge in [-0.3, -0.25) is 4.90 Å². The number of morpholine rings is 1. The van der Waals surface area contributed by atoms with E-state index in [1.54, 1.807) is 0 Å². The maximum Gasteiger partial charge on any atom is 0.0594 e. The van der Waals surface area contributed by atoms with Crippen LogP contribution in [0.4, 0.5) is 0 Å². The Morgan fingerprint density at radius 1 is 0.818 bits per heavy atom. The minimum atomic E-state index is 0.431. The summed E-state index contributed by atoms with van der Waals surface area (Å²) >= 11 is 0. The van der Waals surface area contributed by atoms with E-state index < -0.39 is 0 Å². The van der Waals surface area contributed by atoms with Gasteiger partial charge >= 0.3 is 0 Å². The predicted molar refractivity (Wildman–Crippen MR) is 90.9 cm³/mol. The first kappa shape index (κ1) is 13.7. The molecule has 1 aliphatic heterocycles. The molecule has 0 saturated carbocycles. The Kier molecular flexibility index (Phi) is 3.79. The van der Waals surface area contributed by atoms with Gasteiger partial charge in [0.05, 0.1) is 13.2 Å². The van der Waals surface area contributed by atoms with Crippen LogP contribution in [0.1, 0.15) is 28.2 Å². The molecule has 0 bridgehead atoms. The summed E-state index contributed by atoms with van der Waals surface area (Å²) in [5.74, 6) is 0.431. The van der Waals surface area contributed by atoms with Gasteiger partial charge in [0.2, 0.25) is 0 Å². The van der Waals surface area contributed by atoms with Crippen LogP contribution in [-0.4, -0.2) is 37.7 Å². The molecule has 2 aliphatic rings. The largest absolute Gasteiger partial charge is 0.379 e. The quantitative estimate of drug-likeness (QED) is 0.837. The van der Waals surface area contributed by atoms with E-state index in [9.17, 15) is 0 Å². The molecule has 2 aromatic carbocycles. The Bertz CT molecular complexity index is 636. The first-order valence-electron chi connectivity index (χ1n) is 8.08. The molecule has 0 atom stereocenters. The van der Waals surface area contributed by atoms with Crippen LogP contribution >= 0.6 is 0 Å². The van der Waals surface area contributed by atoms with E-state index in [-0.39, 0.29) is 0 Å². The van der Waals surface area contributed by atoms with Crippen molar-refractivity contribution in [2.75, 3.05) is 32.8 Å². The second-order valence-electron chi connectivity index (χ2n) is 6.06. The highest BCUT2D eigenvalue weighted by atomic mass is 16.5. The average Bonchev–Trinajstić information content (AvgIpc) is 2.74. The van der Waals surface area contributed by atoms with Crippen LogP contribution in [0.3, 0.4) is 0 Å². The number of fused-ring (bicyclic) bond motifs is 2. The molecule has 112 valence electrons. The number of ether oxygens (including phenoxy) is 1. The van der Waals surface area contributed by atoms with Crippen LogP contribution in [0.25, 0.3) is 12.2 Å². The lowest BCUT2D eigenvalue weighted by Crippen LogP contribution is -2.39. The van der Waals surface area contributed by atoms with Gasteiger partial charge in [0.25, 0.3) is 0 Å².